The molecule has 2 aromatic carbocycles. The fourth-order valence-corrected chi connectivity index (χ4v) is 3.31. The van der Waals surface area contributed by atoms with E-state index in [4.69, 9.17) is 15.9 Å². The second-order valence-electron chi connectivity index (χ2n) is 6.11. The van der Waals surface area contributed by atoms with E-state index in [0.29, 0.717) is 12.2 Å². The lowest BCUT2D eigenvalue weighted by atomic mass is 10.0. The van der Waals surface area contributed by atoms with Crippen LogP contribution in [0.4, 0.5) is 10.5 Å². The van der Waals surface area contributed by atoms with Crippen LogP contribution in [-0.4, -0.2) is 31.7 Å². The molecular weight excluding hydrogens is 328 g/mol. The van der Waals surface area contributed by atoms with Crippen LogP contribution in [0.2, 0.25) is 0 Å². The molecule has 0 aromatic heterocycles. The van der Waals surface area contributed by atoms with Crippen LogP contribution < -0.4 is 14.8 Å². The molecule has 0 aliphatic carbocycles. The van der Waals surface area contributed by atoms with Crippen molar-refractivity contribution in [3.63, 3.8) is 0 Å². The van der Waals surface area contributed by atoms with Gasteiger partial charge in [0.05, 0.1) is 20.3 Å². The third-order valence-corrected chi connectivity index (χ3v) is 4.59. The van der Waals surface area contributed by atoms with Gasteiger partial charge in [0.1, 0.15) is 11.5 Å². The Balaban J connectivity index is 1.84. The van der Waals surface area contributed by atoms with E-state index in [2.05, 4.69) is 11.2 Å². The zero-order chi connectivity index (χ0) is 18.5. The maximum absolute atomic E-state index is 12.8. The van der Waals surface area contributed by atoms with Crippen molar-refractivity contribution >= 4 is 11.7 Å². The van der Waals surface area contributed by atoms with Gasteiger partial charge >= 0.3 is 6.03 Å². The van der Waals surface area contributed by atoms with Gasteiger partial charge < -0.3 is 19.7 Å². The lowest BCUT2D eigenvalue weighted by Gasteiger charge is -2.27. The lowest BCUT2D eigenvalue weighted by molar-refractivity contribution is 0.206. The van der Waals surface area contributed by atoms with E-state index in [-0.39, 0.29) is 12.1 Å². The normalized spacial score (nSPS) is 16.0. The van der Waals surface area contributed by atoms with Crippen molar-refractivity contribution in [3.05, 3.63) is 53.6 Å². The number of anilines is 1. The zero-order valence-electron chi connectivity index (χ0n) is 15.0. The number of carbonyl (C=O) groups excluding carboxylic acids is 1. The summed E-state index contributed by atoms with van der Waals surface area (Å²) in [6.45, 7) is 0.686. The molecule has 1 saturated heterocycles. The van der Waals surface area contributed by atoms with E-state index in [1.54, 1.807) is 20.3 Å². The molecule has 1 aliphatic heterocycles. The summed E-state index contributed by atoms with van der Waals surface area (Å²) in [5.74, 6) is 4.08. The summed E-state index contributed by atoms with van der Waals surface area (Å²) in [4.78, 5) is 14.7. The maximum atomic E-state index is 12.8. The van der Waals surface area contributed by atoms with Gasteiger partial charge in [-0.25, -0.2) is 4.79 Å². The maximum Gasteiger partial charge on any atom is 0.322 e. The van der Waals surface area contributed by atoms with E-state index in [0.717, 1.165) is 35.5 Å². The predicted octanol–water partition coefficient (Wildman–Crippen LogP) is 4.05. The van der Waals surface area contributed by atoms with E-state index in [1.807, 2.05) is 41.3 Å². The molecule has 1 N–H and O–H groups in total. The van der Waals surface area contributed by atoms with Crippen LogP contribution in [0.3, 0.4) is 0 Å². The Hall–Kier alpha value is -3.13. The second-order valence-corrected chi connectivity index (χ2v) is 6.11. The van der Waals surface area contributed by atoms with Crippen LogP contribution in [0.25, 0.3) is 0 Å². The Bertz CT molecular complexity index is 841. The predicted molar refractivity (Wildman–Crippen MR) is 102 cm³/mol. The number of ether oxygens (including phenoxy) is 2. The number of nitrogens with one attached hydrogen (secondary N) is 1. The van der Waals surface area contributed by atoms with Crippen LogP contribution in [0.15, 0.2) is 42.5 Å². The smallest absolute Gasteiger partial charge is 0.322 e. The highest BCUT2D eigenvalue weighted by Gasteiger charge is 2.32. The highest BCUT2D eigenvalue weighted by atomic mass is 16.5. The molecule has 0 bridgehead atoms. The third-order valence-electron chi connectivity index (χ3n) is 4.59. The first-order valence-electron chi connectivity index (χ1n) is 8.52. The minimum absolute atomic E-state index is 0.0594. The van der Waals surface area contributed by atoms with Crippen molar-refractivity contribution < 1.29 is 14.3 Å². The number of hydrogen-bond acceptors (Lipinski definition) is 3. The molecule has 0 saturated carbocycles. The number of carbonyl (C=O) groups is 1. The van der Waals surface area contributed by atoms with Crippen LogP contribution >= 0.6 is 0 Å². The van der Waals surface area contributed by atoms with E-state index >= 15 is 0 Å². The lowest BCUT2D eigenvalue weighted by Crippen LogP contribution is -2.34. The zero-order valence-corrected chi connectivity index (χ0v) is 15.0. The van der Waals surface area contributed by atoms with Crippen molar-refractivity contribution in [1.82, 2.24) is 4.90 Å². The van der Waals surface area contributed by atoms with Gasteiger partial charge in [0.2, 0.25) is 0 Å². The largest absolute Gasteiger partial charge is 0.497 e. The summed E-state index contributed by atoms with van der Waals surface area (Å²) in [5, 5.41) is 2.94. The minimum Gasteiger partial charge on any atom is -0.497 e. The number of rotatable bonds is 4. The second kappa shape index (κ2) is 7.83. The summed E-state index contributed by atoms with van der Waals surface area (Å²) < 4.78 is 10.8. The Morgan fingerprint density at radius 3 is 2.81 bits per heavy atom. The number of hydrogen-bond donors (Lipinski definition) is 1. The number of likely N-dealkylation sites (tertiary alicyclic amines) is 1. The fourth-order valence-electron chi connectivity index (χ4n) is 3.31. The van der Waals surface area contributed by atoms with E-state index in [9.17, 15) is 4.79 Å². The van der Waals surface area contributed by atoms with Crippen molar-refractivity contribution in [1.29, 1.82) is 0 Å². The number of terminal acetylenes is 1. The van der Waals surface area contributed by atoms with Gasteiger partial charge in [-0.15, -0.1) is 6.42 Å². The molecule has 3 rings (SSSR count). The SMILES string of the molecule is C#Cc1cccc(NC(=O)N2CCCC2c2cc(OC)ccc2OC)c1. The summed E-state index contributed by atoms with van der Waals surface area (Å²) in [6, 6.07) is 12.7. The molecule has 1 fully saturated rings. The molecule has 1 atom stereocenters. The van der Waals surface area contributed by atoms with Gasteiger partial charge in [0.25, 0.3) is 0 Å². The standard InChI is InChI=1S/C21H22N2O3/c1-4-15-7-5-8-16(13-15)22-21(24)23-12-6-9-19(23)18-14-17(25-2)10-11-20(18)26-3/h1,5,7-8,10-11,13-14,19H,6,9,12H2,2-3H3,(H,22,24). The number of nitrogens with zero attached hydrogens (tertiary/aromatic N) is 1. The molecule has 1 aliphatic rings. The molecule has 0 spiro atoms. The van der Waals surface area contributed by atoms with E-state index < -0.39 is 0 Å². The molecule has 134 valence electrons. The topological polar surface area (TPSA) is 50.8 Å². The van der Waals surface area contributed by atoms with Gasteiger partial charge in [-0.05, 0) is 49.2 Å². The third kappa shape index (κ3) is 3.60. The van der Waals surface area contributed by atoms with Crippen molar-refractivity contribution in [2.45, 2.75) is 18.9 Å². The number of amides is 2. The van der Waals surface area contributed by atoms with Crippen LogP contribution in [0.5, 0.6) is 11.5 Å². The Morgan fingerprint density at radius 2 is 2.08 bits per heavy atom. The average Bonchev–Trinajstić information content (AvgIpc) is 3.17. The molecule has 2 amide bonds. The highest BCUT2D eigenvalue weighted by molar-refractivity contribution is 5.90. The van der Waals surface area contributed by atoms with Gasteiger partial charge in [0.15, 0.2) is 0 Å². The molecule has 0 radical (unpaired) electrons. The number of methoxy groups -OCH3 is 2. The Morgan fingerprint density at radius 1 is 1.23 bits per heavy atom. The molecule has 26 heavy (non-hydrogen) atoms. The monoisotopic (exact) mass is 350 g/mol. The first-order valence-corrected chi connectivity index (χ1v) is 8.52. The summed E-state index contributed by atoms with van der Waals surface area (Å²) in [6.07, 6.45) is 7.24. The Kier molecular flexibility index (Phi) is 5.33. The first kappa shape index (κ1) is 17.7. The van der Waals surface area contributed by atoms with Gasteiger partial charge in [0, 0.05) is 23.4 Å². The quantitative estimate of drug-likeness (QED) is 0.846. The number of benzene rings is 2. The van der Waals surface area contributed by atoms with E-state index in [1.165, 1.54) is 0 Å². The summed E-state index contributed by atoms with van der Waals surface area (Å²) >= 11 is 0. The molecule has 5 nitrogen and oxygen atoms in total. The van der Waals surface area contributed by atoms with Crippen molar-refractivity contribution in [2.75, 3.05) is 26.1 Å². The average molecular weight is 350 g/mol. The Labute approximate surface area is 153 Å². The molecule has 1 unspecified atom stereocenters. The van der Waals surface area contributed by atoms with Gasteiger partial charge in [-0.2, -0.15) is 0 Å². The fraction of sp³-hybridized carbons (Fsp3) is 0.286. The van der Waals surface area contributed by atoms with Gasteiger partial charge in [-0.3, -0.25) is 0 Å². The summed E-state index contributed by atoms with van der Waals surface area (Å²) in [7, 11) is 3.26. The van der Waals surface area contributed by atoms with Crippen LogP contribution in [0, 0.1) is 12.3 Å². The highest BCUT2D eigenvalue weighted by Crippen LogP contribution is 2.39. The first-order chi connectivity index (χ1) is 12.7. The number of urea groups is 1. The van der Waals surface area contributed by atoms with Crippen molar-refractivity contribution in [3.8, 4) is 23.8 Å². The van der Waals surface area contributed by atoms with Crippen LogP contribution in [0.1, 0.15) is 30.0 Å². The molecule has 2 aromatic rings. The van der Waals surface area contributed by atoms with Gasteiger partial charge in [-0.1, -0.05) is 12.0 Å². The molecular formula is C21H22N2O3. The van der Waals surface area contributed by atoms with Crippen LogP contribution in [-0.2, 0) is 0 Å². The minimum atomic E-state index is -0.147. The molecule has 5 heteroatoms. The summed E-state index contributed by atoms with van der Waals surface area (Å²) in [5.41, 5.74) is 2.38. The van der Waals surface area contributed by atoms with Crippen molar-refractivity contribution in [2.24, 2.45) is 0 Å². The molecule has 1 heterocycles.